The summed E-state index contributed by atoms with van der Waals surface area (Å²) in [5, 5.41) is 0. The van der Waals surface area contributed by atoms with E-state index in [-0.39, 0.29) is 12.3 Å². The van der Waals surface area contributed by atoms with Gasteiger partial charge in [0, 0.05) is 25.0 Å². The average Bonchev–Trinajstić information content (AvgIpc) is 3.20. The highest BCUT2D eigenvalue weighted by Crippen LogP contribution is 2.32. The van der Waals surface area contributed by atoms with Crippen LogP contribution in [-0.4, -0.2) is 27.3 Å². The zero-order chi connectivity index (χ0) is 20.4. The number of aromatic amines is 1. The van der Waals surface area contributed by atoms with Crippen LogP contribution in [0.15, 0.2) is 55.0 Å². The summed E-state index contributed by atoms with van der Waals surface area (Å²) in [5.74, 6) is 0.848. The Morgan fingerprint density at radius 3 is 2.55 bits per heavy atom. The Kier molecular flexibility index (Phi) is 5.00. The van der Waals surface area contributed by atoms with Gasteiger partial charge in [-0.25, -0.2) is 4.98 Å². The highest BCUT2D eigenvalue weighted by molar-refractivity contribution is 5.78. The molecule has 1 aliphatic heterocycles. The topological polar surface area (TPSA) is 58.2 Å². The molecule has 1 N–H and O–H groups in total. The number of aromatic nitrogens is 2. The maximum atomic E-state index is 12.7. The zero-order valence-corrected chi connectivity index (χ0v) is 15.4. The maximum absolute atomic E-state index is 12.7. The van der Waals surface area contributed by atoms with Crippen molar-refractivity contribution < 1.29 is 22.7 Å². The highest BCUT2D eigenvalue weighted by Gasteiger charge is 2.30. The van der Waals surface area contributed by atoms with Gasteiger partial charge in [0.25, 0.3) is 0 Å². The van der Waals surface area contributed by atoms with Crippen molar-refractivity contribution in [2.24, 2.45) is 0 Å². The molecule has 1 aromatic heterocycles. The Morgan fingerprint density at radius 1 is 1.10 bits per heavy atom. The smallest absolute Gasteiger partial charge is 0.416 e. The van der Waals surface area contributed by atoms with E-state index in [2.05, 4.69) is 9.97 Å². The summed E-state index contributed by atoms with van der Waals surface area (Å²) in [4.78, 5) is 21.2. The second kappa shape index (κ2) is 7.62. The van der Waals surface area contributed by atoms with Crippen LogP contribution in [0.4, 0.5) is 13.2 Å². The van der Waals surface area contributed by atoms with Crippen molar-refractivity contribution in [3.63, 3.8) is 0 Å². The van der Waals surface area contributed by atoms with E-state index >= 15 is 0 Å². The molecule has 2 aromatic carbocycles. The molecular formula is C21H18F3N3O2. The van der Waals surface area contributed by atoms with Crippen LogP contribution in [0, 0.1) is 0 Å². The number of ether oxygens (including phenoxy) is 1. The molecule has 0 bridgehead atoms. The lowest BCUT2D eigenvalue weighted by Gasteiger charge is -2.29. The molecule has 150 valence electrons. The van der Waals surface area contributed by atoms with E-state index < -0.39 is 11.7 Å². The minimum absolute atomic E-state index is 0.00830. The summed E-state index contributed by atoms with van der Waals surface area (Å²) in [6.07, 6.45) is -0.205. The third-order valence-electron chi connectivity index (χ3n) is 4.86. The number of imidazole rings is 1. The molecule has 0 unspecified atom stereocenters. The van der Waals surface area contributed by atoms with Crippen LogP contribution < -0.4 is 4.74 Å². The maximum Gasteiger partial charge on any atom is 0.416 e. The monoisotopic (exact) mass is 401 g/mol. The summed E-state index contributed by atoms with van der Waals surface area (Å²) >= 11 is 0. The van der Waals surface area contributed by atoms with E-state index in [1.54, 1.807) is 23.5 Å². The molecule has 3 aromatic rings. The van der Waals surface area contributed by atoms with Gasteiger partial charge in [-0.15, -0.1) is 0 Å². The molecule has 0 spiro atoms. The molecule has 0 atom stereocenters. The number of hydrogen-bond donors (Lipinski definition) is 1. The number of alkyl halides is 3. The Labute approximate surface area is 165 Å². The molecule has 0 radical (unpaired) electrons. The fourth-order valence-corrected chi connectivity index (χ4v) is 3.31. The second-order valence-corrected chi connectivity index (χ2v) is 6.87. The number of fused-ring (bicyclic) bond motifs is 1. The van der Waals surface area contributed by atoms with Gasteiger partial charge < -0.3 is 14.6 Å². The Hall–Kier alpha value is -3.29. The van der Waals surface area contributed by atoms with Gasteiger partial charge in [0.15, 0.2) is 0 Å². The zero-order valence-electron chi connectivity index (χ0n) is 15.4. The molecule has 1 aliphatic rings. The Balaban J connectivity index is 1.45. The summed E-state index contributed by atoms with van der Waals surface area (Å²) < 4.78 is 43.7. The number of rotatable bonds is 4. The number of H-pyrrole nitrogens is 1. The van der Waals surface area contributed by atoms with E-state index in [1.165, 1.54) is 12.1 Å². The predicted octanol–water partition coefficient (Wildman–Crippen LogP) is 4.35. The number of amides is 1. The standard InChI is InChI=1S/C21H18F3N3O2/c22-21(23,24)16-2-5-18(6-3-16)29-19-4-1-14-7-8-27(12-15(14)9-19)20(28)10-17-11-25-13-26-17/h1-6,9,11,13H,7-8,10,12H2,(H,25,26). The van der Waals surface area contributed by atoms with Crippen molar-refractivity contribution in [3.8, 4) is 11.5 Å². The van der Waals surface area contributed by atoms with Gasteiger partial charge in [-0.3, -0.25) is 4.79 Å². The van der Waals surface area contributed by atoms with Crippen molar-refractivity contribution in [2.45, 2.75) is 25.6 Å². The van der Waals surface area contributed by atoms with Crippen LogP contribution in [0.2, 0.25) is 0 Å². The van der Waals surface area contributed by atoms with Crippen molar-refractivity contribution in [1.29, 1.82) is 0 Å². The molecule has 0 aliphatic carbocycles. The van der Waals surface area contributed by atoms with Gasteiger partial charge >= 0.3 is 6.18 Å². The van der Waals surface area contributed by atoms with E-state index in [9.17, 15) is 18.0 Å². The molecule has 0 fully saturated rings. The summed E-state index contributed by atoms with van der Waals surface area (Å²) in [5.41, 5.74) is 2.15. The lowest BCUT2D eigenvalue weighted by molar-refractivity contribution is -0.137. The summed E-state index contributed by atoms with van der Waals surface area (Å²) in [7, 11) is 0. The molecule has 0 saturated heterocycles. The van der Waals surface area contributed by atoms with Crippen LogP contribution >= 0.6 is 0 Å². The van der Waals surface area contributed by atoms with Crippen LogP contribution in [0.3, 0.4) is 0 Å². The molecule has 5 nitrogen and oxygen atoms in total. The van der Waals surface area contributed by atoms with Gasteiger partial charge in [-0.1, -0.05) is 6.07 Å². The Bertz CT molecular complexity index is 999. The average molecular weight is 401 g/mol. The lowest BCUT2D eigenvalue weighted by Crippen LogP contribution is -2.36. The first-order valence-corrected chi connectivity index (χ1v) is 9.10. The first-order chi connectivity index (χ1) is 13.9. The van der Waals surface area contributed by atoms with Gasteiger partial charge in [0.1, 0.15) is 11.5 Å². The number of benzene rings is 2. The number of carbonyl (C=O) groups excluding carboxylic acids is 1. The summed E-state index contributed by atoms with van der Waals surface area (Å²) in [6, 6.07) is 10.1. The molecule has 4 rings (SSSR count). The van der Waals surface area contributed by atoms with Crippen molar-refractivity contribution in [1.82, 2.24) is 14.9 Å². The van der Waals surface area contributed by atoms with Crippen molar-refractivity contribution >= 4 is 5.91 Å². The van der Waals surface area contributed by atoms with Crippen LogP contribution in [0.1, 0.15) is 22.4 Å². The normalized spacial score (nSPS) is 13.8. The van der Waals surface area contributed by atoms with Crippen molar-refractivity contribution in [3.05, 3.63) is 77.4 Å². The Morgan fingerprint density at radius 2 is 1.86 bits per heavy atom. The third-order valence-corrected chi connectivity index (χ3v) is 4.86. The fourth-order valence-electron chi connectivity index (χ4n) is 3.31. The quantitative estimate of drug-likeness (QED) is 0.707. The highest BCUT2D eigenvalue weighted by atomic mass is 19.4. The van der Waals surface area contributed by atoms with E-state index in [1.807, 2.05) is 12.1 Å². The molecular weight excluding hydrogens is 383 g/mol. The SMILES string of the molecule is O=C(Cc1cnc[nH]1)N1CCc2ccc(Oc3ccc(C(F)(F)F)cc3)cc2C1. The van der Waals surface area contributed by atoms with Crippen LogP contribution in [0.25, 0.3) is 0 Å². The lowest BCUT2D eigenvalue weighted by atomic mass is 9.99. The first kappa shape index (κ1) is 19.0. The predicted molar refractivity (Wildman–Crippen MR) is 99.4 cm³/mol. The molecule has 8 heteroatoms. The molecule has 0 saturated carbocycles. The number of halogens is 3. The minimum Gasteiger partial charge on any atom is -0.457 e. The molecule has 1 amide bonds. The van der Waals surface area contributed by atoms with Crippen molar-refractivity contribution in [2.75, 3.05) is 6.54 Å². The van der Waals surface area contributed by atoms with Crippen LogP contribution in [0.5, 0.6) is 11.5 Å². The van der Waals surface area contributed by atoms with E-state index in [0.717, 1.165) is 35.4 Å². The minimum atomic E-state index is -4.38. The van der Waals surface area contributed by atoms with E-state index in [0.29, 0.717) is 24.6 Å². The molecule has 29 heavy (non-hydrogen) atoms. The van der Waals surface area contributed by atoms with Gasteiger partial charge in [0.05, 0.1) is 18.3 Å². The largest absolute Gasteiger partial charge is 0.457 e. The number of carbonyl (C=O) groups is 1. The van der Waals surface area contributed by atoms with Gasteiger partial charge in [0.2, 0.25) is 5.91 Å². The number of hydrogen-bond acceptors (Lipinski definition) is 3. The first-order valence-electron chi connectivity index (χ1n) is 9.10. The van der Waals surface area contributed by atoms with Gasteiger partial charge in [-0.2, -0.15) is 13.2 Å². The van der Waals surface area contributed by atoms with Gasteiger partial charge in [-0.05, 0) is 53.9 Å². The van der Waals surface area contributed by atoms with E-state index in [4.69, 9.17) is 4.74 Å². The second-order valence-electron chi connectivity index (χ2n) is 6.87. The third kappa shape index (κ3) is 4.42. The van der Waals surface area contributed by atoms with Crippen LogP contribution in [-0.2, 0) is 30.4 Å². The molecule has 2 heterocycles. The number of nitrogens with one attached hydrogen (secondary N) is 1. The fraction of sp³-hybridized carbons (Fsp3) is 0.238. The number of nitrogens with zero attached hydrogens (tertiary/aromatic N) is 2. The summed E-state index contributed by atoms with van der Waals surface area (Å²) in [6.45, 7) is 1.10.